The van der Waals surface area contributed by atoms with Crippen LogP contribution >= 0.6 is 11.6 Å². The molecule has 2 amide bonds. The molecule has 32 heavy (non-hydrogen) atoms. The minimum Gasteiger partial charge on any atom is -0.365 e. The largest absolute Gasteiger partial charge is 0.365 e. The summed E-state index contributed by atoms with van der Waals surface area (Å²) in [5.74, 6) is -0.00160. The molecule has 170 valence electrons. The van der Waals surface area contributed by atoms with Crippen LogP contribution in [0.5, 0.6) is 0 Å². The molecule has 2 aliphatic heterocycles. The Morgan fingerprint density at radius 1 is 1.06 bits per heavy atom. The molecule has 1 N–H and O–H groups in total. The Hall–Kier alpha value is -2.45. The number of nitrogens with one attached hydrogen (secondary N) is 1. The van der Waals surface area contributed by atoms with Gasteiger partial charge in [0.05, 0.1) is 18.8 Å². The lowest BCUT2D eigenvalue weighted by atomic mass is 9.95. The van der Waals surface area contributed by atoms with Crippen molar-refractivity contribution in [3.8, 4) is 0 Å². The maximum atomic E-state index is 13.1. The number of benzene rings is 1. The van der Waals surface area contributed by atoms with E-state index >= 15 is 0 Å². The predicted octanol–water partition coefficient (Wildman–Crippen LogP) is 3.11. The van der Waals surface area contributed by atoms with Gasteiger partial charge in [-0.25, -0.2) is 4.68 Å². The second-order valence-corrected chi connectivity index (χ2v) is 9.41. The van der Waals surface area contributed by atoms with E-state index in [-0.39, 0.29) is 30.4 Å². The molecule has 2 fully saturated rings. The number of ether oxygens (including phenoxy) is 1. The van der Waals surface area contributed by atoms with Gasteiger partial charge in [-0.05, 0) is 43.4 Å². The summed E-state index contributed by atoms with van der Waals surface area (Å²) in [4.78, 5) is 27.5. The maximum Gasteiger partial charge on any atom is 0.276 e. The third-order valence-corrected chi connectivity index (χ3v) is 7.15. The number of likely N-dealkylation sites (tertiary alicyclic amines) is 1. The van der Waals surface area contributed by atoms with Gasteiger partial charge in [0.25, 0.3) is 5.91 Å². The lowest BCUT2D eigenvalue weighted by molar-refractivity contribution is -0.127. The fourth-order valence-corrected chi connectivity index (χ4v) is 5.07. The quantitative estimate of drug-likeness (QED) is 0.761. The molecule has 1 saturated carbocycles. The highest BCUT2D eigenvalue weighted by atomic mass is 35.5. The summed E-state index contributed by atoms with van der Waals surface area (Å²) in [5.41, 5.74) is 2.08. The molecule has 8 nitrogen and oxygen atoms in total. The highest BCUT2D eigenvalue weighted by Gasteiger charge is 2.33. The topological polar surface area (TPSA) is 89.4 Å². The monoisotopic (exact) mass is 457 g/mol. The van der Waals surface area contributed by atoms with Crippen LogP contribution in [-0.4, -0.2) is 50.8 Å². The fraction of sp³-hybridized carbons (Fsp3) is 0.565. The Balaban J connectivity index is 1.18. The Labute approximate surface area is 192 Å². The Morgan fingerprint density at radius 3 is 2.50 bits per heavy atom. The molecule has 1 aliphatic carbocycles. The van der Waals surface area contributed by atoms with Crippen molar-refractivity contribution in [2.45, 2.75) is 63.8 Å². The van der Waals surface area contributed by atoms with Crippen LogP contribution in [0.4, 0.5) is 0 Å². The van der Waals surface area contributed by atoms with Crippen LogP contribution < -0.4 is 5.32 Å². The van der Waals surface area contributed by atoms with E-state index in [4.69, 9.17) is 16.3 Å². The highest BCUT2D eigenvalue weighted by molar-refractivity contribution is 6.30. The number of nitrogens with zero attached hydrogens (tertiary/aromatic N) is 4. The first-order valence-corrected chi connectivity index (χ1v) is 11.9. The van der Waals surface area contributed by atoms with E-state index in [1.165, 1.54) is 12.8 Å². The van der Waals surface area contributed by atoms with Gasteiger partial charge in [-0.2, -0.15) is 0 Å². The van der Waals surface area contributed by atoms with Gasteiger partial charge in [-0.1, -0.05) is 41.8 Å². The van der Waals surface area contributed by atoms with Gasteiger partial charge >= 0.3 is 0 Å². The van der Waals surface area contributed by atoms with Crippen molar-refractivity contribution in [2.24, 2.45) is 5.92 Å². The molecule has 0 spiro atoms. The van der Waals surface area contributed by atoms with Gasteiger partial charge in [0, 0.05) is 30.1 Å². The molecular formula is C23H28ClN5O3. The third-order valence-electron chi connectivity index (χ3n) is 6.90. The van der Waals surface area contributed by atoms with E-state index in [1.807, 2.05) is 24.3 Å². The SMILES string of the molecule is O=C(NC1CCCC1)C1CCN(C(=O)c2nnn3c2COC(c2ccc(Cl)cc2)C3)CC1. The first kappa shape index (κ1) is 21.4. The van der Waals surface area contributed by atoms with E-state index in [2.05, 4.69) is 15.6 Å². The Morgan fingerprint density at radius 2 is 1.78 bits per heavy atom. The number of carbonyl (C=O) groups excluding carboxylic acids is 2. The zero-order chi connectivity index (χ0) is 22.1. The normalized spacial score (nSPS) is 22.0. The van der Waals surface area contributed by atoms with Crippen LogP contribution in [-0.2, 0) is 22.7 Å². The summed E-state index contributed by atoms with van der Waals surface area (Å²) < 4.78 is 7.77. The standard InChI is InChI=1S/C23H28ClN5O3/c24-17-7-5-15(6-8-17)20-13-29-19(14-32-20)21(26-27-29)23(31)28-11-9-16(10-12-28)22(30)25-18-3-1-2-4-18/h5-8,16,18,20H,1-4,9-14H2,(H,25,30). The smallest absolute Gasteiger partial charge is 0.276 e. The molecule has 2 aromatic rings. The van der Waals surface area contributed by atoms with Crippen LogP contribution in [0.2, 0.25) is 5.02 Å². The molecule has 3 heterocycles. The molecular weight excluding hydrogens is 430 g/mol. The van der Waals surface area contributed by atoms with E-state index in [9.17, 15) is 9.59 Å². The molecule has 1 aromatic heterocycles. The Bertz CT molecular complexity index is 978. The number of halogens is 1. The number of fused-ring (bicyclic) bond motifs is 1. The van der Waals surface area contributed by atoms with E-state index < -0.39 is 0 Å². The van der Waals surface area contributed by atoms with Crippen molar-refractivity contribution < 1.29 is 14.3 Å². The number of piperidine rings is 1. The first-order valence-electron chi connectivity index (χ1n) is 11.5. The highest BCUT2D eigenvalue weighted by Crippen LogP contribution is 2.29. The summed E-state index contributed by atoms with van der Waals surface area (Å²) >= 11 is 5.98. The molecule has 0 bridgehead atoms. The van der Waals surface area contributed by atoms with E-state index in [0.29, 0.717) is 54.9 Å². The fourth-order valence-electron chi connectivity index (χ4n) is 4.94. The van der Waals surface area contributed by atoms with Gasteiger partial charge in [-0.3, -0.25) is 9.59 Å². The molecule has 0 radical (unpaired) electrons. The minimum atomic E-state index is -0.154. The molecule has 9 heteroatoms. The number of hydrogen-bond acceptors (Lipinski definition) is 5. The van der Waals surface area contributed by atoms with Crippen molar-refractivity contribution in [1.82, 2.24) is 25.2 Å². The third kappa shape index (κ3) is 4.38. The lowest BCUT2D eigenvalue weighted by Gasteiger charge is -2.32. The molecule has 1 atom stereocenters. The average Bonchev–Trinajstić information content (AvgIpc) is 3.48. The number of aromatic nitrogens is 3. The Kier molecular flexibility index (Phi) is 6.15. The summed E-state index contributed by atoms with van der Waals surface area (Å²) in [6.45, 7) is 1.90. The van der Waals surface area contributed by atoms with Crippen LogP contribution in [0.15, 0.2) is 24.3 Å². The maximum absolute atomic E-state index is 13.1. The molecule has 3 aliphatic rings. The molecule has 1 saturated heterocycles. The average molecular weight is 458 g/mol. The van der Waals surface area contributed by atoms with Crippen molar-refractivity contribution >= 4 is 23.4 Å². The van der Waals surface area contributed by atoms with Crippen LogP contribution in [0, 0.1) is 5.92 Å². The van der Waals surface area contributed by atoms with Gasteiger partial charge in [0.1, 0.15) is 6.10 Å². The lowest BCUT2D eigenvalue weighted by Crippen LogP contribution is -2.45. The summed E-state index contributed by atoms with van der Waals surface area (Å²) in [5, 5.41) is 12.3. The van der Waals surface area contributed by atoms with Gasteiger partial charge < -0.3 is 15.0 Å². The number of hydrogen-bond donors (Lipinski definition) is 1. The zero-order valence-corrected chi connectivity index (χ0v) is 18.8. The van der Waals surface area contributed by atoms with Crippen LogP contribution in [0.3, 0.4) is 0 Å². The number of amides is 2. The summed E-state index contributed by atoms with van der Waals surface area (Å²) in [6, 6.07) is 7.89. The predicted molar refractivity (Wildman–Crippen MR) is 118 cm³/mol. The van der Waals surface area contributed by atoms with Crippen molar-refractivity contribution in [3.63, 3.8) is 0 Å². The zero-order valence-electron chi connectivity index (χ0n) is 18.0. The summed E-state index contributed by atoms with van der Waals surface area (Å²) in [6.07, 6.45) is 5.78. The van der Waals surface area contributed by atoms with Crippen molar-refractivity contribution in [1.29, 1.82) is 0 Å². The summed E-state index contributed by atoms with van der Waals surface area (Å²) in [7, 11) is 0. The number of carbonyl (C=O) groups is 2. The van der Waals surface area contributed by atoms with Crippen molar-refractivity contribution in [2.75, 3.05) is 13.1 Å². The molecule has 5 rings (SSSR count). The van der Waals surface area contributed by atoms with Gasteiger partial charge in [0.15, 0.2) is 5.69 Å². The molecule has 1 unspecified atom stereocenters. The second-order valence-electron chi connectivity index (χ2n) is 8.97. The van der Waals surface area contributed by atoms with E-state index in [1.54, 1.807) is 9.58 Å². The molecule has 1 aromatic carbocycles. The van der Waals surface area contributed by atoms with Gasteiger partial charge in [-0.15, -0.1) is 5.10 Å². The first-order chi connectivity index (χ1) is 15.6. The van der Waals surface area contributed by atoms with E-state index in [0.717, 1.165) is 18.4 Å². The van der Waals surface area contributed by atoms with Crippen molar-refractivity contribution in [3.05, 3.63) is 46.2 Å². The second kappa shape index (κ2) is 9.19. The van der Waals surface area contributed by atoms with Crippen LogP contribution in [0.25, 0.3) is 0 Å². The van der Waals surface area contributed by atoms with Crippen LogP contribution in [0.1, 0.15) is 66.4 Å². The number of rotatable bonds is 4. The van der Waals surface area contributed by atoms with Gasteiger partial charge in [0.2, 0.25) is 5.91 Å². The minimum absolute atomic E-state index is 0.0165.